The topological polar surface area (TPSA) is 93.3 Å². The molecule has 0 unspecified atom stereocenters. The number of amides is 2. The predicted octanol–water partition coefficient (Wildman–Crippen LogP) is 4.29. The third kappa shape index (κ3) is 4.37. The normalized spacial score (nSPS) is 11.0. The molecule has 2 heterocycles. The minimum atomic E-state index is -0.310. The molecule has 170 valence electrons. The number of hydrogen-bond acceptors (Lipinski definition) is 5. The van der Waals surface area contributed by atoms with Gasteiger partial charge in [-0.1, -0.05) is 29.4 Å². The second-order valence-electron chi connectivity index (χ2n) is 7.94. The molecule has 0 aliphatic carbocycles. The van der Waals surface area contributed by atoms with Gasteiger partial charge in [-0.15, -0.1) is 0 Å². The Morgan fingerprint density at radius 1 is 1.09 bits per heavy atom. The van der Waals surface area contributed by atoms with Crippen molar-refractivity contribution in [1.29, 1.82) is 0 Å². The van der Waals surface area contributed by atoms with Crippen molar-refractivity contribution in [2.75, 3.05) is 18.4 Å². The van der Waals surface area contributed by atoms with Gasteiger partial charge in [0.15, 0.2) is 5.58 Å². The number of benzene rings is 2. The van der Waals surface area contributed by atoms with Crippen molar-refractivity contribution in [2.45, 2.75) is 34.1 Å². The van der Waals surface area contributed by atoms with Gasteiger partial charge < -0.3 is 14.7 Å². The Balaban J connectivity index is 1.68. The minimum Gasteiger partial charge on any atom is -0.356 e. The number of carbonyl (C=O) groups excluding carboxylic acids is 2. The summed E-state index contributed by atoms with van der Waals surface area (Å²) in [4.78, 5) is 27.9. The minimum absolute atomic E-state index is 0.00869. The highest BCUT2D eigenvalue weighted by molar-refractivity contribution is 6.04. The Bertz CT molecular complexity index is 1300. The Labute approximate surface area is 192 Å². The number of carbonyl (C=O) groups is 2. The molecule has 8 nitrogen and oxygen atoms in total. The van der Waals surface area contributed by atoms with E-state index in [1.54, 1.807) is 9.58 Å². The van der Waals surface area contributed by atoms with Crippen molar-refractivity contribution >= 4 is 28.6 Å². The van der Waals surface area contributed by atoms with Gasteiger partial charge in [0.05, 0.1) is 18.3 Å². The summed E-state index contributed by atoms with van der Waals surface area (Å²) < 4.78 is 7.05. The Morgan fingerprint density at radius 3 is 2.52 bits per heavy atom. The Kier molecular flexibility index (Phi) is 6.26. The van der Waals surface area contributed by atoms with Crippen molar-refractivity contribution in [1.82, 2.24) is 19.8 Å². The fourth-order valence-corrected chi connectivity index (χ4v) is 3.97. The number of hydrogen-bond donors (Lipinski definition) is 1. The van der Waals surface area contributed by atoms with Gasteiger partial charge >= 0.3 is 0 Å². The van der Waals surface area contributed by atoms with E-state index in [-0.39, 0.29) is 18.2 Å². The number of nitrogens with zero attached hydrogens (tertiary/aromatic N) is 4. The van der Waals surface area contributed by atoms with Gasteiger partial charge in [-0.05, 0) is 57.0 Å². The monoisotopic (exact) mass is 445 g/mol. The lowest BCUT2D eigenvalue weighted by atomic mass is 10.1. The second kappa shape index (κ2) is 9.28. The average Bonchev–Trinajstić information content (AvgIpc) is 3.39. The van der Waals surface area contributed by atoms with E-state index in [1.807, 2.05) is 70.2 Å². The summed E-state index contributed by atoms with van der Waals surface area (Å²) in [5.74, 6) is -0.158. The largest absolute Gasteiger partial charge is 0.356 e. The fraction of sp³-hybridized carbons (Fsp3) is 0.280. The van der Waals surface area contributed by atoms with Gasteiger partial charge in [0, 0.05) is 18.5 Å². The number of nitrogens with one attached hydrogen (secondary N) is 1. The lowest BCUT2D eigenvalue weighted by molar-refractivity contribution is -0.115. The van der Waals surface area contributed by atoms with Crippen LogP contribution in [-0.2, 0) is 11.2 Å². The molecule has 0 aliphatic rings. The molecule has 0 spiro atoms. The first-order valence-electron chi connectivity index (χ1n) is 11.0. The van der Waals surface area contributed by atoms with Crippen molar-refractivity contribution in [3.05, 3.63) is 71.0 Å². The molecule has 33 heavy (non-hydrogen) atoms. The Morgan fingerprint density at radius 2 is 1.82 bits per heavy atom. The summed E-state index contributed by atoms with van der Waals surface area (Å²) in [5.41, 5.74) is 4.35. The number of anilines is 1. The molecule has 0 aliphatic heterocycles. The van der Waals surface area contributed by atoms with Gasteiger partial charge in [-0.3, -0.25) is 9.59 Å². The van der Waals surface area contributed by atoms with Crippen LogP contribution in [0.2, 0.25) is 0 Å². The van der Waals surface area contributed by atoms with Crippen LogP contribution in [0.4, 0.5) is 5.82 Å². The maximum atomic E-state index is 13.1. The molecule has 0 radical (unpaired) electrons. The van der Waals surface area contributed by atoms with E-state index < -0.39 is 0 Å². The fourth-order valence-electron chi connectivity index (χ4n) is 3.97. The van der Waals surface area contributed by atoms with E-state index in [4.69, 9.17) is 4.52 Å². The maximum Gasteiger partial charge on any atom is 0.259 e. The third-order valence-electron chi connectivity index (χ3n) is 5.61. The first kappa shape index (κ1) is 22.3. The summed E-state index contributed by atoms with van der Waals surface area (Å²) in [6.07, 6.45) is 1.51. The molecule has 1 N–H and O–H groups in total. The summed E-state index contributed by atoms with van der Waals surface area (Å²) in [6.45, 7) is 8.90. The highest BCUT2D eigenvalue weighted by Crippen LogP contribution is 2.26. The first-order valence-corrected chi connectivity index (χ1v) is 11.0. The quantitative estimate of drug-likeness (QED) is 0.458. The van der Waals surface area contributed by atoms with Gasteiger partial charge in [-0.25, -0.2) is 4.68 Å². The van der Waals surface area contributed by atoms with Crippen LogP contribution in [0, 0.1) is 13.8 Å². The molecule has 2 amide bonds. The van der Waals surface area contributed by atoms with Gasteiger partial charge in [0.1, 0.15) is 17.1 Å². The second-order valence-corrected chi connectivity index (χ2v) is 7.94. The Hall–Kier alpha value is -3.94. The zero-order chi connectivity index (χ0) is 23.5. The van der Waals surface area contributed by atoms with E-state index in [1.165, 1.54) is 6.20 Å². The highest BCUT2D eigenvalue weighted by atomic mass is 16.5. The SMILES string of the molecule is CCN(CC)C(=O)c1cnn(-c2ccccc2)c1NC(=O)Cc1noc2c(C)cc(C)cc12. The summed E-state index contributed by atoms with van der Waals surface area (Å²) in [5, 5.41) is 12.3. The number of aromatic nitrogens is 3. The molecular formula is C25H27N5O3. The summed E-state index contributed by atoms with van der Waals surface area (Å²) >= 11 is 0. The van der Waals surface area contributed by atoms with Crippen LogP contribution in [0.3, 0.4) is 0 Å². The molecule has 0 fully saturated rings. The van der Waals surface area contributed by atoms with E-state index in [0.717, 1.165) is 22.2 Å². The molecule has 0 bridgehead atoms. The smallest absolute Gasteiger partial charge is 0.259 e. The summed E-state index contributed by atoms with van der Waals surface area (Å²) in [6, 6.07) is 13.4. The molecule has 0 saturated carbocycles. The molecule has 0 saturated heterocycles. The first-order chi connectivity index (χ1) is 15.9. The molecule has 0 atom stereocenters. The van der Waals surface area contributed by atoms with Gasteiger partial charge in [0.2, 0.25) is 5.91 Å². The van der Waals surface area contributed by atoms with Gasteiger partial charge in [0.25, 0.3) is 5.91 Å². The van der Waals surface area contributed by atoms with E-state index in [0.29, 0.717) is 35.7 Å². The maximum absolute atomic E-state index is 13.1. The highest BCUT2D eigenvalue weighted by Gasteiger charge is 2.24. The van der Waals surface area contributed by atoms with E-state index >= 15 is 0 Å². The van der Waals surface area contributed by atoms with E-state index in [2.05, 4.69) is 15.6 Å². The van der Waals surface area contributed by atoms with Crippen molar-refractivity contribution in [3.8, 4) is 5.69 Å². The molecule has 4 aromatic rings. The third-order valence-corrected chi connectivity index (χ3v) is 5.61. The summed E-state index contributed by atoms with van der Waals surface area (Å²) in [7, 11) is 0. The van der Waals surface area contributed by atoms with Gasteiger partial charge in [-0.2, -0.15) is 5.10 Å². The molecule has 4 rings (SSSR count). The predicted molar refractivity (Wildman–Crippen MR) is 127 cm³/mol. The molecule has 2 aromatic carbocycles. The van der Waals surface area contributed by atoms with Crippen LogP contribution in [-0.4, -0.2) is 44.7 Å². The van der Waals surface area contributed by atoms with Crippen LogP contribution in [0.5, 0.6) is 0 Å². The number of fused-ring (bicyclic) bond motifs is 1. The molecule has 8 heteroatoms. The lowest BCUT2D eigenvalue weighted by Gasteiger charge is -2.19. The number of para-hydroxylation sites is 1. The van der Waals surface area contributed by atoms with Crippen molar-refractivity contribution in [2.24, 2.45) is 0 Å². The van der Waals surface area contributed by atoms with Crippen LogP contribution >= 0.6 is 0 Å². The van der Waals surface area contributed by atoms with Crippen LogP contribution in [0.25, 0.3) is 16.7 Å². The van der Waals surface area contributed by atoms with E-state index in [9.17, 15) is 9.59 Å². The molecular weight excluding hydrogens is 418 g/mol. The number of aryl methyl sites for hydroxylation is 2. The van der Waals surface area contributed by atoms with Crippen LogP contribution in [0.1, 0.15) is 41.0 Å². The van der Waals surface area contributed by atoms with Crippen LogP contribution in [0.15, 0.2) is 53.2 Å². The zero-order valence-electron chi connectivity index (χ0n) is 19.3. The average molecular weight is 446 g/mol. The lowest BCUT2D eigenvalue weighted by Crippen LogP contribution is -2.31. The molecule has 2 aromatic heterocycles. The van der Waals surface area contributed by atoms with Crippen LogP contribution < -0.4 is 5.32 Å². The standard InChI is InChI=1S/C25H27N5O3/c1-5-29(6-2)25(32)20-15-26-30(18-10-8-7-9-11-18)24(20)27-22(31)14-21-19-13-16(3)12-17(4)23(19)33-28-21/h7-13,15H,5-6,14H2,1-4H3,(H,27,31). The number of rotatable bonds is 7. The van der Waals surface area contributed by atoms with Crippen molar-refractivity contribution < 1.29 is 14.1 Å². The zero-order valence-corrected chi connectivity index (χ0v) is 19.3. The van der Waals surface area contributed by atoms with Crippen molar-refractivity contribution in [3.63, 3.8) is 0 Å².